The van der Waals surface area contributed by atoms with Crippen LogP contribution in [0.15, 0.2) is 24.5 Å². The van der Waals surface area contributed by atoms with Crippen LogP contribution < -0.4 is 4.74 Å². The maximum atomic E-state index is 10.9. The number of carbonyl (C=O) groups is 1. The van der Waals surface area contributed by atoms with Gasteiger partial charge in [0.05, 0.1) is 10.5 Å². The van der Waals surface area contributed by atoms with E-state index >= 15 is 0 Å². The molecule has 2 aromatic rings. The predicted molar refractivity (Wildman–Crippen MR) is 65.4 cm³/mol. The van der Waals surface area contributed by atoms with Crippen molar-refractivity contribution in [2.45, 2.75) is 6.61 Å². The monoisotopic (exact) mass is 278 g/mol. The van der Waals surface area contributed by atoms with Crippen LogP contribution in [0.4, 0.5) is 5.69 Å². The fourth-order valence-electron chi connectivity index (χ4n) is 1.50. The number of nitro groups is 1. The molecule has 9 heteroatoms. The smallest absolute Gasteiger partial charge is 0.335 e. The third kappa shape index (κ3) is 2.71. The van der Waals surface area contributed by atoms with Gasteiger partial charge in [0.2, 0.25) is 0 Å². The third-order valence-corrected chi connectivity index (χ3v) is 2.56. The van der Waals surface area contributed by atoms with Gasteiger partial charge in [-0.1, -0.05) is 0 Å². The zero-order chi connectivity index (χ0) is 14.7. The lowest BCUT2D eigenvalue weighted by atomic mass is 10.2. The lowest BCUT2D eigenvalue weighted by molar-refractivity contribution is -0.386. The van der Waals surface area contributed by atoms with Gasteiger partial charge in [-0.2, -0.15) is 0 Å². The minimum atomic E-state index is -1.24. The maximum Gasteiger partial charge on any atom is 0.335 e. The molecule has 104 valence electrons. The summed E-state index contributed by atoms with van der Waals surface area (Å²) in [6, 6.07) is 3.44. The number of nitrogens with zero attached hydrogens (tertiary/aromatic N) is 4. The molecule has 0 fully saturated rings. The molecular weight excluding hydrogens is 268 g/mol. The molecule has 9 nitrogen and oxygen atoms in total. The molecule has 1 heterocycles. The van der Waals surface area contributed by atoms with Gasteiger partial charge in [-0.25, -0.2) is 4.79 Å². The number of carboxylic acids is 1. The van der Waals surface area contributed by atoms with Crippen LogP contribution >= 0.6 is 0 Å². The molecule has 0 saturated heterocycles. The summed E-state index contributed by atoms with van der Waals surface area (Å²) in [5.74, 6) is -0.780. The summed E-state index contributed by atoms with van der Waals surface area (Å²) in [6.45, 7) is -0.0102. The maximum absolute atomic E-state index is 10.9. The molecule has 0 unspecified atom stereocenters. The van der Waals surface area contributed by atoms with Gasteiger partial charge in [0.15, 0.2) is 11.6 Å². The first-order valence-corrected chi connectivity index (χ1v) is 5.46. The zero-order valence-electron chi connectivity index (χ0n) is 10.4. The number of benzene rings is 1. The molecule has 1 aromatic carbocycles. The highest BCUT2D eigenvalue weighted by atomic mass is 16.6. The van der Waals surface area contributed by atoms with E-state index in [1.54, 1.807) is 11.6 Å². The lowest BCUT2D eigenvalue weighted by Gasteiger charge is -2.06. The van der Waals surface area contributed by atoms with E-state index < -0.39 is 16.6 Å². The quantitative estimate of drug-likeness (QED) is 0.639. The summed E-state index contributed by atoms with van der Waals surface area (Å²) >= 11 is 0. The number of hydrogen-bond donors (Lipinski definition) is 1. The third-order valence-electron chi connectivity index (χ3n) is 2.56. The van der Waals surface area contributed by atoms with E-state index in [4.69, 9.17) is 9.84 Å². The van der Waals surface area contributed by atoms with E-state index in [1.165, 1.54) is 18.5 Å². The fraction of sp³-hybridized carbons (Fsp3) is 0.182. The second-order valence-corrected chi connectivity index (χ2v) is 3.89. The van der Waals surface area contributed by atoms with Gasteiger partial charge in [0, 0.05) is 13.1 Å². The van der Waals surface area contributed by atoms with Crippen LogP contribution in [0.3, 0.4) is 0 Å². The Morgan fingerprint density at radius 1 is 1.55 bits per heavy atom. The number of aromatic carboxylic acids is 1. The van der Waals surface area contributed by atoms with Crippen molar-refractivity contribution < 1.29 is 19.6 Å². The van der Waals surface area contributed by atoms with Crippen LogP contribution in [0.1, 0.15) is 16.2 Å². The Labute approximate surface area is 112 Å². The molecule has 0 spiro atoms. The number of aryl methyl sites for hydroxylation is 1. The molecule has 0 aliphatic rings. The van der Waals surface area contributed by atoms with Gasteiger partial charge >= 0.3 is 11.7 Å². The molecule has 1 N–H and O–H groups in total. The molecule has 0 radical (unpaired) electrons. The number of nitro benzene ring substituents is 1. The standard InChI is InChI=1S/C11H10N4O5/c1-14-6-12-13-10(14)5-20-9-3-2-7(11(16)17)4-8(9)15(18)19/h2-4,6H,5H2,1H3,(H,16,17). The Hall–Kier alpha value is -2.97. The summed E-state index contributed by atoms with van der Waals surface area (Å²) in [6.07, 6.45) is 1.47. The Morgan fingerprint density at radius 2 is 2.30 bits per heavy atom. The number of hydrogen-bond acceptors (Lipinski definition) is 6. The molecule has 20 heavy (non-hydrogen) atoms. The number of carboxylic acid groups (broad SMARTS) is 1. The summed E-state index contributed by atoms with van der Waals surface area (Å²) in [5, 5.41) is 27.2. The second-order valence-electron chi connectivity index (χ2n) is 3.89. The summed E-state index contributed by atoms with van der Waals surface area (Å²) in [7, 11) is 1.71. The van der Waals surface area contributed by atoms with Crippen LogP contribution in [0, 0.1) is 10.1 Å². The van der Waals surface area contributed by atoms with Crippen molar-refractivity contribution >= 4 is 11.7 Å². The highest BCUT2D eigenvalue weighted by Gasteiger charge is 2.19. The number of rotatable bonds is 5. The lowest BCUT2D eigenvalue weighted by Crippen LogP contribution is -2.05. The molecular formula is C11H10N4O5. The van der Waals surface area contributed by atoms with E-state index in [2.05, 4.69) is 10.2 Å². The first-order valence-electron chi connectivity index (χ1n) is 5.46. The Morgan fingerprint density at radius 3 is 2.85 bits per heavy atom. The topological polar surface area (TPSA) is 120 Å². The fourth-order valence-corrected chi connectivity index (χ4v) is 1.50. The highest BCUT2D eigenvalue weighted by molar-refractivity contribution is 5.88. The Bertz CT molecular complexity index is 667. The molecule has 0 atom stereocenters. The van der Waals surface area contributed by atoms with E-state index in [0.717, 1.165) is 6.07 Å². The van der Waals surface area contributed by atoms with E-state index in [9.17, 15) is 14.9 Å². The van der Waals surface area contributed by atoms with E-state index in [0.29, 0.717) is 5.82 Å². The number of ether oxygens (including phenoxy) is 1. The van der Waals surface area contributed by atoms with Crippen molar-refractivity contribution in [1.29, 1.82) is 0 Å². The SMILES string of the molecule is Cn1cnnc1COc1ccc(C(=O)O)cc1[N+](=O)[O-]. The average molecular weight is 278 g/mol. The highest BCUT2D eigenvalue weighted by Crippen LogP contribution is 2.28. The largest absolute Gasteiger partial charge is 0.479 e. The molecule has 0 saturated carbocycles. The zero-order valence-corrected chi connectivity index (χ0v) is 10.4. The minimum absolute atomic E-state index is 0.0102. The molecule has 0 aliphatic carbocycles. The molecule has 1 aromatic heterocycles. The minimum Gasteiger partial charge on any atom is -0.479 e. The molecule has 2 rings (SSSR count). The molecule has 0 aliphatic heterocycles. The van der Waals surface area contributed by atoms with E-state index in [1.807, 2.05) is 0 Å². The van der Waals surface area contributed by atoms with Crippen molar-refractivity contribution in [2.75, 3.05) is 0 Å². The summed E-state index contributed by atoms with van der Waals surface area (Å²) in [4.78, 5) is 21.0. The van der Waals surface area contributed by atoms with Gasteiger partial charge in [-0.05, 0) is 12.1 Å². The number of aromatic nitrogens is 3. The van der Waals surface area contributed by atoms with Crippen LogP contribution in [-0.4, -0.2) is 30.8 Å². The van der Waals surface area contributed by atoms with Crippen molar-refractivity contribution in [3.05, 3.63) is 46.0 Å². The first-order chi connectivity index (χ1) is 9.49. The van der Waals surface area contributed by atoms with Crippen molar-refractivity contribution in [3.63, 3.8) is 0 Å². The molecule has 0 bridgehead atoms. The van der Waals surface area contributed by atoms with Crippen molar-refractivity contribution in [3.8, 4) is 5.75 Å². The van der Waals surface area contributed by atoms with E-state index in [-0.39, 0.29) is 17.9 Å². The van der Waals surface area contributed by atoms with Gasteiger partial charge < -0.3 is 14.4 Å². The Balaban J connectivity index is 2.25. The van der Waals surface area contributed by atoms with Crippen molar-refractivity contribution in [2.24, 2.45) is 7.05 Å². The van der Waals surface area contributed by atoms with Crippen molar-refractivity contribution in [1.82, 2.24) is 14.8 Å². The summed E-state index contributed by atoms with van der Waals surface area (Å²) < 4.78 is 6.91. The average Bonchev–Trinajstić information content (AvgIpc) is 2.81. The first kappa shape index (κ1) is 13.5. The van der Waals surface area contributed by atoms with Crippen LogP contribution in [0.25, 0.3) is 0 Å². The molecule has 0 amide bonds. The second kappa shape index (κ2) is 5.34. The van der Waals surface area contributed by atoms with Gasteiger partial charge in [0.25, 0.3) is 0 Å². The van der Waals surface area contributed by atoms with Crippen LogP contribution in [-0.2, 0) is 13.7 Å². The summed E-state index contributed by atoms with van der Waals surface area (Å²) in [5.41, 5.74) is -0.588. The van der Waals surface area contributed by atoms with Gasteiger partial charge in [-0.3, -0.25) is 10.1 Å². The van der Waals surface area contributed by atoms with Gasteiger partial charge in [-0.15, -0.1) is 10.2 Å². The Kier molecular flexibility index (Phi) is 3.60. The van der Waals surface area contributed by atoms with Crippen LogP contribution in [0.2, 0.25) is 0 Å². The van der Waals surface area contributed by atoms with Crippen LogP contribution in [0.5, 0.6) is 5.75 Å². The normalized spacial score (nSPS) is 10.2. The van der Waals surface area contributed by atoms with Gasteiger partial charge in [0.1, 0.15) is 12.9 Å². The predicted octanol–water partition coefficient (Wildman–Crippen LogP) is 1.00.